The summed E-state index contributed by atoms with van der Waals surface area (Å²) in [5.41, 5.74) is 0.693. The fourth-order valence-electron chi connectivity index (χ4n) is 3.01. The van der Waals surface area contributed by atoms with Crippen LogP contribution in [-0.4, -0.2) is 110 Å². The van der Waals surface area contributed by atoms with E-state index in [0.717, 1.165) is 0 Å². The molecule has 0 aliphatic carbocycles. The fourth-order valence-corrected chi connectivity index (χ4v) is 3.01. The summed E-state index contributed by atoms with van der Waals surface area (Å²) in [7, 11) is 5.81. The van der Waals surface area contributed by atoms with E-state index in [-0.39, 0.29) is 65.7 Å². The molecular formula is C25H37NO12. The summed E-state index contributed by atoms with van der Waals surface area (Å²) < 4.78 is 40.0. The van der Waals surface area contributed by atoms with Crippen LogP contribution in [0.25, 0.3) is 0 Å². The predicted octanol–water partition coefficient (Wildman–Crippen LogP) is 0.157. The Morgan fingerprint density at radius 3 is 1.11 bits per heavy atom. The SMILES string of the molecule is COCCOC(=O)C(Cc1cccc(CC(C(=O)OCCOC)C(=O)OCCOC)n1)C(=O)OCCOC. The number of nitrogens with zero attached hydrogens (tertiary/aromatic N) is 1. The first kappa shape index (κ1) is 32.9. The van der Waals surface area contributed by atoms with Gasteiger partial charge in [-0.15, -0.1) is 0 Å². The highest BCUT2D eigenvalue weighted by Crippen LogP contribution is 2.16. The Hall–Kier alpha value is -3.13. The minimum Gasteiger partial charge on any atom is -0.463 e. The Kier molecular flexibility index (Phi) is 17.2. The van der Waals surface area contributed by atoms with E-state index in [1.54, 1.807) is 18.2 Å². The highest BCUT2D eigenvalue weighted by molar-refractivity contribution is 5.95. The topological polar surface area (TPSA) is 155 Å². The van der Waals surface area contributed by atoms with Gasteiger partial charge in [0.15, 0.2) is 11.8 Å². The number of ether oxygens (including phenoxy) is 8. The summed E-state index contributed by atoms with van der Waals surface area (Å²) in [5, 5.41) is 0. The molecule has 0 aliphatic heterocycles. The molecule has 0 atom stereocenters. The summed E-state index contributed by atoms with van der Waals surface area (Å²) in [4.78, 5) is 54.9. The van der Waals surface area contributed by atoms with Gasteiger partial charge in [-0.05, 0) is 12.1 Å². The molecule has 0 spiro atoms. The normalized spacial score (nSPS) is 10.9. The minimum atomic E-state index is -1.29. The second-order valence-corrected chi connectivity index (χ2v) is 7.77. The molecule has 1 aromatic heterocycles. The van der Waals surface area contributed by atoms with Gasteiger partial charge in [-0.25, -0.2) is 0 Å². The Morgan fingerprint density at radius 1 is 0.553 bits per heavy atom. The van der Waals surface area contributed by atoms with Crippen LogP contribution in [0, 0.1) is 11.8 Å². The van der Waals surface area contributed by atoms with E-state index in [1.807, 2.05) is 0 Å². The largest absolute Gasteiger partial charge is 0.463 e. The molecule has 1 rings (SSSR count). The molecule has 0 saturated heterocycles. The molecule has 1 aromatic rings. The summed E-state index contributed by atoms with van der Waals surface area (Å²) in [5.74, 6) is -5.76. The Labute approximate surface area is 222 Å². The van der Waals surface area contributed by atoms with Gasteiger partial charge in [0.05, 0.1) is 26.4 Å². The zero-order chi connectivity index (χ0) is 28.2. The zero-order valence-corrected chi connectivity index (χ0v) is 22.3. The van der Waals surface area contributed by atoms with Crippen LogP contribution in [0.3, 0.4) is 0 Å². The highest BCUT2D eigenvalue weighted by Gasteiger charge is 2.33. The molecule has 0 fully saturated rings. The Bertz CT molecular complexity index is 753. The van der Waals surface area contributed by atoms with Gasteiger partial charge < -0.3 is 37.9 Å². The highest BCUT2D eigenvalue weighted by atomic mass is 16.6. The number of carbonyl (C=O) groups is 4. The maximum atomic E-state index is 12.6. The summed E-state index contributed by atoms with van der Waals surface area (Å²) >= 11 is 0. The average molecular weight is 544 g/mol. The third-order valence-corrected chi connectivity index (χ3v) is 4.96. The molecule has 1 heterocycles. The number of rotatable bonds is 20. The van der Waals surface area contributed by atoms with Gasteiger partial charge in [-0.3, -0.25) is 24.2 Å². The molecule has 13 nitrogen and oxygen atoms in total. The van der Waals surface area contributed by atoms with Crippen molar-refractivity contribution in [1.82, 2.24) is 4.98 Å². The van der Waals surface area contributed by atoms with Crippen LogP contribution in [0.2, 0.25) is 0 Å². The van der Waals surface area contributed by atoms with E-state index >= 15 is 0 Å². The number of pyridine rings is 1. The van der Waals surface area contributed by atoms with Gasteiger partial charge in [0.2, 0.25) is 0 Å². The van der Waals surface area contributed by atoms with Crippen molar-refractivity contribution in [1.29, 1.82) is 0 Å². The maximum absolute atomic E-state index is 12.6. The van der Waals surface area contributed by atoms with E-state index in [1.165, 1.54) is 28.4 Å². The first-order valence-corrected chi connectivity index (χ1v) is 11.9. The lowest BCUT2D eigenvalue weighted by Crippen LogP contribution is -2.32. The lowest BCUT2D eigenvalue weighted by atomic mass is 10.0. The van der Waals surface area contributed by atoms with Crippen LogP contribution in [-0.2, 0) is 69.9 Å². The van der Waals surface area contributed by atoms with Crippen molar-refractivity contribution in [2.75, 3.05) is 81.3 Å². The van der Waals surface area contributed by atoms with Crippen molar-refractivity contribution in [2.24, 2.45) is 11.8 Å². The van der Waals surface area contributed by atoms with E-state index < -0.39 is 35.7 Å². The average Bonchev–Trinajstić information content (AvgIpc) is 2.90. The van der Waals surface area contributed by atoms with E-state index in [0.29, 0.717) is 11.4 Å². The van der Waals surface area contributed by atoms with Gasteiger partial charge in [0.25, 0.3) is 0 Å². The quantitative estimate of drug-likeness (QED) is 0.0949. The first-order valence-electron chi connectivity index (χ1n) is 11.9. The summed E-state index contributed by atoms with van der Waals surface area (Å²) in [6, 6.07) is 4.83. The van der Waals surface area contributed by atoms with Crippen LogP contribution in [0.15, 0.2) is 18.2 Å². The molecule has 13 heteroatoms. The number of methoxy groups -OCH3 is 4. The van der Waals surface area contributed by atoms with Crippen molar-refractivity contribution in [2.45, 2.75) is 12.8 Å². The third-order valence-electron chi connectivity index (χ3n) is 4.96. The molecule has 214 valence electrons. The van der Waals surface area contributed by atoms with Crippen molar-refractivity contribution in [3.63, 3.8) is 0 Å². The lowest BCUT2D eigenvalue weighted by molar-refractivity contribution is -0.165. The molecule has 0 N–H and O–H groups in total. The number of hydrogen-bond donors (Lipinski definition) is 0. The van der Waals surface area contributed by atoms with Crippen LogP contribution in [0.1, 0.15) is 11.4 Å². The third kappa shape index (κ3) is 12.9. The molecule has 38 heavy (non-hydrogen) atoms. The second kappa shape index (κ2) is 19.9. The zero-order valence-electron chi connectivity index (χ0n) is 22.3. The number of aromatic nitrogens is 1. The standard InChI is InChI=1S/C25H37NO12/c1-31-8-12-35-22(27)20(23(28)36-13-9-32-2)16-18-6-5-7-19(26-18)17-21(24(29)37-14-10-33-3)25(30)38-15-11-34-4/h5-7,20-21H,8-17H2,1-4H3. The predicted molar refractivity (Wildman–Crippen MR) is 130 cm³/mol. The second-order valence-electron chi connectivity index (χ2n) is 7.77. The molecule has 0 aromatic carbocycles. The smallest absolute Gasteiger partial charge is 0.320 e. The monoisotopic (exact) mass is 543 g/mol. The summed E-state index contributed by atoms with van der Waals surface area (Å²) in [6.45, 7) is 0.484. The van der Waals surface area contributed by atoms with Gasteiger partial charge >= 0.3 is 23.9 Å². The van der Waals surface area contributed by atoms with Crippen LogP contribution in [0.4, 0.5) is 0 Å². The fraction of sp³-hybridized carbons (Fsp3) is 0.640. The minimum absolute atomic E-state index is 0.0390. The molecule has 0 amide bonds. The van der Waals surface area contributed by atoms with Gasteiger partial charge in [0, 0.05) is 52.7 Å². The van der Waals surface area contributed by atoms with E-state index in [4.69, 9.17) is 37.9 Å². The Balaban J connectivity index is 3.05. The number of esters is 4. The summed E-state index contributed by atoms with van der Waals surface area (Å²) in [6.07, 6.45) is -0.264. The number of hydrogen-bond acceptors (Lipinski definition) is 13. The lowest BCUT2D eigenvalue weighted by Gasteiger charge is -2.17. The van der Waals surface area contributed by atoms with Gasteiger partial charge in [0.1, 0.15) is 26.4 Å². The van der Waals surface area contributed by atoms with Crippen molar-refractivity contribution < 1.29 is 57.1 Å². The van der Waals surface area contributed by atoms with E-state index in [9.17, 15) is 19.2 Å². The molecular weight excluding hydrogens is 506 g/mol. The number of carbonyl (C=O) groups excluding carboxylic acids is 4. The Morgan fingerprint density at radius 2 is 0.842 bits per heavy atom. The van der Waals surface area contributed by atoms with Crippen molar-refractivity contribution in [3.05, 3.63) is 29.6 Å². The van der Waals surface area contributed by atoms with Crippen LogP contribution in [0.5, 0.6) is 0 Å². The van der Waals surface area contributed by atoms with Crippen LogP contribution < -0.4 is 0 Å². The van der Waals surface area contributed by atoms with Crippen molar-refractivity contribution >= 4 is 23.9 Å². The molecule has 0 unspecified atom stereocenters. The molecule has 0 bridgehead atoms. The maximum Gasteiger partial charge on any atom is 0.320 e. The molecule has 0 radical (unpaired) electrons. The molecule has 0 saturated carbocycles. The van der Waals surface area contributed by atoms with Crippen molar-refractivity contribution in [3.8, 4) is 0 Å². The van der Waals surface area contributed by atoms with Crippen LogP contribution >= 0.6 is 0 Å². The van der Waals surface area contributed by atoms with E-state index in [2.05, 4.69) is 4.98 Å². The first-order chi connectivity index (χ1) is 18.4. The molecule has 0 aliphatic rings. The van der Waals surface area contributed by atoms with Gasteiger partial charge in [-0.2, -0.15) is 0 Å². The van der Waals surface area contributed by atoms with Gasteiger partial charge in [-0.1, -0.05) is 6.07 Å².